The maximum Gasteiger partial charge on any atom is 0.131 e. The summed E-state index contributed by atoms with van der Waals surface area (Å²) in [4.78, 5) is 9.80. The highest BCUT2D eigenvalue weighted by molar-refractivity contribution is 7.20. The van der Waals surface area contributed by atoms with Gasteiger partial charge in [-0.2, -0.15) is 0 Å². The second kappa shape index (κ2) is 7.34. The number of aromatic nitrogens is 2. The molecule has 3 aromatic heterocycles. The number of hydrogen-bond acceptors (Lipinski definition) is 7. The van der Waals surface area contributed by atoms with E-state index in [2.05, 4.69) is 15.3 Å². The molecule has 1 saturated heterocycles. The average molecular weight is 415 g/mol. The molecule has 4 rings (SSSR count). The van der Waals surface area contributed by atoms with Crippen LogP contribution in [0.25, 0.3) is 10.2 Å². The lowest BCUT2D eigenvalue weighted by Crippen LogP contribution is -2.37. The van der Waals surface area contributed by atoms with Crippen molar-refractivity contribution in [2.24, 2.45) is 5.73 Å². The van der Waals surface area contributed by atoms with Crippen LogP contribution in [0, 0.1) is 0 Å². The molecule has 0 amide bonds. The van der Waals surface area contributed by atoms with E-state index in [1.165, 1.54) is 0 Å². The molecule has 0 saturated carbocycles. The van der Waals surface area contributed by atoms with Gasteiger partial charge in [0, 0.05) is 41.1 Å². The fourth-order valence-corrected chi connectivity index (χ4v) is 5.53. The third-order valence-electron chi connectivity index (χ3n) is 4.23. The van der Waals surface area contributed by atoms with E-state index in [1.807, 2.05) is 11.4 Å². The van der Waals surface area contributed by atoms with Crippen LogP contribution in [0.3, 0.4) is 0 Å². The van der Waals surface area contributed by atoms with Gasteiger partial charge in [-0.15, -0.1) is 22.7 Å². The number of nitrogens with one attached hydrogen (secondary N) is 1. The molecule has 3 aromatic rings. The minimum atomic E-state index is -0.0542. The second-order valence-electron chi connectivity index (χ2n) is 5.86. The number of rotatable bonds is 4. The smallest absolute Gasteiger partial charge is 0.131 e. The first-order chi connectivity index (χ1) is 12.1. The summed E-state index contributed by atoms with van der Waals surface area (Å²) in [6, 6.07) is 1.78. The van der Waals surface area contributed by atoms with Crippen LogP contribution < -0.4 is 11.1 Å². The third-order valence-corrected chi connectivity index (χ3v) is 7.04. The van der Waals surface area contributed by atoms with Gasteiger partial charge in [-0.3, -0.25) is 0 Å². The van der Waals surface area contributed by atoms with Crippen LogP contribution in [0.1, 0.15) is 22.2 Å². The Hall–Kier alpha value is -0.960. The van der Waals surface area contributed by atoms with Gasteiger partial charge in [0.2, 0.25) is 0 Å². The molecule has 0 aromatic carbocycles. The summed E-state index contributed by atoms with van der Waals surface area (Å²) in [6.07, 6.45) is 2.66. The van der Waals surface area contributed by atoms with E-state index in [-0.39, 0.29) is 12.0 Å². The van der Waals surface area contributed by atoms with Gasteiger partial charge >= 0.3 is 0 Å². The predicted octanol–water partition coefficient (Wildman–Crippen LogP) is 4.50. The number of thiazole rings is 1. The summed E-state index contributed by atoms with van der Waals surface area (Å²) in [5.74, 6) is 0.186. The Morgan fingerprint density at radius 1 is 1.40 bits per heavy atom. The van der Waals surface area contributed by atoms with Crippen LogP contribution >= 0.6 is 45.9 Å². The fraction of sp³-hybridized carbons (Fsp3) is 0.375. The number of nitrogens with zero attached hydrogens (tertiary/aromatic N) is 2. The zero-order valence-corrected chi connectivity index (χ0v) is 16.3. The molecule has 9 heteroatoms. The Morgan fingerprint density at radius 2 is 2.28 bits per heavy atom. The van der Waals surface area contributed by atoms with Crippen molar-refractivity contribution in [1.82, 2.24) is 9.97 Å². The Kier molecular flexibility index (Phi) is 5.13. The topological polar surface area (TPSA) is 73.1 Å². The second-order valence-corrected chi connectivity index (χ2v) is 8.66. The molecule has 0 spiro atoms. The number of anilines is 1. The third kappa shape index (κ3) is 3.49. The minimum absolute atomic E-state index is 0.0542. The molecule has 25 heavy (non-hydrogen) atoms. The first kappa shape index (κ1) is 17.5. The predicted molar refractivity (Wildman–Crippen MR) is 105 cm³/mol. The van der Waals surface area contributed by atoms with Crippen molar-refractivity contribution in [3.05, 3.63) is 37.7 Å². The zero-order chi connectivity index (χ0) is 17.4. The number of thiophene rings is 1. The molecule has 5 nitrogen and oxygen atoms in total. The molecule has 3 N–H and O–H groups in total. The van der Waals surface area contributed by atoms with Crippen molar-refractivity contribution in [2.45, 2.75) is 24.9 Å². The zero-order valence-electron chi connectivity index (χ0n) is 13.2. The Labute approximate surface area is 163 Å². The number of nitrogens with two attached hydrogens (primary N) is 1. The monoisotopic (exact) mass is 414 g/mol. The van der Waals surface area contributed by atoms with Crippen molar-refractivity contribution < 1.29 is 4.74 Å². The molecular weight excluding hydrogens is 399 g/mol. The van der Waals surface area contributed by atoms with Crippen molar-refractivity contribution in [2.75, 3.05) is 18.5 Å². The summed E-state index contributed by atoms with van der Waals surface area (Å²) >= 11 is 16.1. The number of halogens is 2. The van der Waals surface area contributed by atoms with Gasteiger partial charge in [0.05, 0.1) is 28.6 Å². The maximum absolute atomic E-state index is 6.65. The molecule has 0 unspecified atom stereocenters. The first-order valence-electron chi connectivity index (χ1n) is 7.87. The molecule has 0 aliphatic carbocycles. The van der Waals surface area contributed by atoms with Gasteiger partial charge in [-0.1, -0.05) is 23.2 Å². The minimum Gasteiger partial charge on any atom is -0.380 e. The van der Waals surface area contributed by atoms with Crippen LogP contribution in [0.5, 0.6) is 0 Å². The van der Waals surface area contributed by atoms with Crippen molar-refractivity contribution in [1.29, 1.82) is 0 Å². The standard InChI is InChI=1S/C16H16Cl2N4OS2/c17-11-5-10(21-6-12-20-2-4-24-12)16-14(22-11)13(18)15(25-16)8-1-3-23-7-9(8)19/h2,4-5,8-9H,1,3,6-7,19H2,(H,21,22)/t8-,9-/m0/s1. The van der Waals surface area contributed by atoms with Crippen molar-refractivity contribution >= 4 is 61.8 Å². The molecule has 4 heterocycles. The lowest BCUT2D eigenvalue weighted by atomic mass is 9.94. The number of hydrogen-bond donors (Lipinski definition) is 2. The van der Waals surface area contributed by atoms with E-state index in [0.29, 0.717) is 29.9 Å². The van der Waals surface area contributed by atoms with E-state index >= 15 is 0 Å². The summed E-state index contributed by atoms with van der Waals surface area (Å²) < 4.78 is 6.45. The Balaban J connectivity index is 1.72. The summed E-state index contributed by atoms with van der Waals surface area (Å²) in [6.45, 7) is 1.89. The highest BCUT2D eigenvalue weighted by Gasteiger charge is 2.29. The summed E-state index contributed by atoms with van der Waals surface area (Å²) in [7, 11) is 0. The fourth-order valence-electron chi connectivity index (χ4n) is 2.99. The largest absolute Gasteiger partial charge is 0.380 e. The molecule has 1 aliphatic heterocycles. The SMILES string of the molecule is N[C@H]1COCC[C@@H]1c1sc2c(NCc3nccs3)cc(Cl)nc2c1Cl. The van der Waals surface area contributed by atoms with Crippen LogP contribution in [0.4, 0.5) is 5.69 Å². The Bertz CT molecular complexity index is 884. The first-order valence-corrected chi connectivity index (χ1v) is 10.3. The van der Waals surface area contributed by atoms with Crippen molar-refractivity contribution in [3.8, 4) is 0 Å². The van der Waals surface area contributed by atoms with E-state index < -0.39 is 0 Å². The average Bonchev–Trinajstić information content (AvgIpc) is 3.22. The summed E-state index contributed by atoms with van der Waals surface area (Å²) in [5.41, 5.74) is 7.90. The van der Waals surface area contributed by atoms with Gasteiger partial charge in [0.25, 0.3) is 0 Å². The van der Waals surface area contributed by atoms with Gasteiger partial charge in [0.1, 0.15) is 15.7 Å². The molecule has 1 fully saturated rings. The molecule has 132 valence electrons. The van der Waals surface area contributed by atoms with Crippen molar-refractivity contribution in [3.63, 3.8) is 0 Å². The molecule has 0 bridgehead atoms. The highest BCUT2D eigenvalue weighted by Crippen LogP contribution is 2.45. The van der Waals surface area contributed by atoms with Gasteiger partial charge in [-0.25, -0.2) is 9.97 Å². The molecule has 1 aliphatic rings. The quantitative estimate of drug-likeness (QED) is 0.614. The summed E-state index contributed by atoms with van der Waals surface area (Å²) in [5, 5.41) is 7.44. The van der Waals surface area contributed by atoms with E-state index in [0.717, 1.165) is 32.2 Å². The number of fused-ring (bicyclic) bond motifs is 1. The maximum atomic E-state index is 6.65. The normalized spacial score (nSPS) is 20.9. The van der Waals surface area contributed by atoms with Gasteiger partial charge < -0.3 is 15.8 Å². The Morgan fingerprint density at radius 3 is 3.04 bits per heavy atom. The van der Waals surface area contributed by atoms with Gasteiger partial charge in [0.15, 0.2) is 0 Å². The van der Waals surface area contributed by atoms with E-state index in [9.17, 15) is 0 Å². The van der Waals surface area contributed by atoms with E-state index in [1.54, 1.807) is 28.9 Å². The van der Waals surface area contributed by atoms with Crippen LogP contribution in [0.2, 0.25) is 10.2 Å². The van der Waals surface area contributed by atoms with E-state index in [4.69, 9.17) is 33.7 Å². The lowest BCUT2D eigenvalue weighted by Gasteiger charge is -2.28. The van der Waals surface area contributed by atoms with Gasteiger partial charge in [-0.05, 0) is 6.42 Å². The van der Waals surface area contributed by atoms with Crippen LogP contribution in [0.15, 0.2) is 17.6 Å². The lowest BCUT2D eigenvalue weighted by molar-refractivity contribution is 0.0703. The number of pyridine rings is 1. The number of ether oxygens (including phenoxy) is 1. The molecule has 0 radical (unpaired) electrons. The van der Waals surface area contributed by atoms with Crippen LogP contribution in [-0.2, 0) is 11.3 Å². The molecule has 2 atom stereocenters. The highest BCUT2D eigenvalue weighted by atomic mass is 35.5. The van der Waals surface area contributed by atoms with Crippen LogP contribution in [-0.4, -0.2) is 29.2 Å². The molecular formula is C16H16Cl2N4OS2.